The Kier molecular flexibility index (Phi) is 2.43. The van der Waals surface area contributed by atoms with Gasteiger partial charge in [-0.25, -0.2) is 0 Å². The zero-order valence-corrected chi connectivity index (χ0v) is 8.58. The number of hydrogen-bond donors (Lipinski definition) is 1. The lowest BCUT2D eigenvalue weighted by Crippen LogP contribution is -2.40. The summed E-state index contributed by atoms with van der Waals surface area (Å²) in [6.07, 6.45) is -4.10. The Balaban J connectivity index is 2.25. The molecule has 0 aromatic carbocycles. The lowest BCUT2D eigenvalue weighted by molar-refractivity contribution is -0.159. The second kappa shape index (κ2) is 3.42. The molecule has 0 aliphatic carbocycles. The van der Waals surface area contributed by atoms with E-state index in [1.54, 1.807) is 0 Å². The van der Waals surface area contributed by atoms with Gasteiger partial charge < -0.3 is 15.2 Å². The highest BCUT2D eigenvalue weighted by atomic mass is 19.4. The van der Waals surface area contributed by atoms with Crippen LogP contribution >= 0.6 is 0 Å². The Morgan fingerprint density at radius 1 is 1.50 bits per heavy atom. The predicted octanol–water partition coefficient (Wildman–Crippen LogP) is 0.578. The van der Waals surface area contributed by atoms with Crippen LogP contribution in [-0.4, -0.2) is 35.2 Å². The number of likely N-dealkylation sites (tertiary alicyclic amines) is 1. The summed E-state index contributed by atoms with van der Waals surface area (Å²) in [5, 5.41) is 3.31. The van der Waals surface area contributed by atoms with Crippen molar-refractivity contribution in [1.29, 1.82) is 0 Å². The van der Waals surface area contributed by atoms with Crippen LogP contribution in [0.5, 0.6) is 0 Å². The second-order valence-corrected chi connectivity index (χ2v) is 4.06. The van der Waals surface area contributed by atoms with Gasteiger partial charge in [0.1, 0.15) is 0 Å². The van der Waals surface area contributed by atoms with Crippen molar-refractivity contribution in [3.05, 3.63) is 11.7 Å². The molecule has 1 unspecified atom stereocenters. The molecule has 1 aromatic heterocycles. The molecule has 16 heavy (non-hydrogen) atoms. The van der Waals surface area contributed by atoms with E-state index in [1.165, 1.54) is 0 Å². The van der Waals surface area contributed by atoms with E-state index >= 15 is 0 Å². The first-order valence-corrected chi connectivity index (χ1v) is 4.70. The van der Waals surface area contributed by atoms with Crippen LogP contribution in [0, 0.1) is 0 Å². The average Bonchev–Trinajstić information content (AvgIpc) is 2.71. The van der Waals surface area contributed by atoms with E-state index in [-0.39, 0.29) is 5.82 Å². The normalized spacial score (nSPS) is 27.6. The molecule has 90 valence electrons. The van der Waals surface area contributed by atoms with Crippen molar-refractivity contribution in [3.63, 3.8) is 0 Å². The van der Waals surface area contributed by atoms with E-state index in [0.717, 1.165) is 0 Å². The Labute approximate surface area is 89.4 Å². The molecule has 1 saturated heterocycles. The van der Waals surface area contributed by atoms with Crippen molar-refractivity contribution in [2.75, 3.05) is 20.1 Å². The van der Waals surface area contributed by atoms with Crippen LogP contribution in [0.1, 0.15) is 18.1 Å². The van der Waals surface area contributed by atoms with Gasteiger partial charge in [-0.2, -0.15) is 18.2 Å². The fourth-order valence-electron chi connectivity index (χ4n) is 1.75. The first-order valence-electron chi connectivity index (χ1n) is 4.70. The number of nitrogens with zero attached hydrogens (tertiary/aromatic N) is 3. The molecule has 2 rings (SSSR count). The number of hydrogen-bond acceptors (Lipinski definition) is 5. The van der Waals surface area contributed by atoms with Gasteiger partial charge in [-0.05, 0) is 13.5 Å². The minimum atomic E-state index is -4.62. The molecule has 1 fully saturated rings. The molecule has 1 atom stereocenters. The molecule has 1 aromatic rings. The number of alkyl halides is 3. The van der Waals surface area contributed by atoms with Crippen LogP contribution in [0.25, 0.3) is 0 Å². The Hall–Kier alpha value is -1.15. The van der Waals surface area contributed by atoms with Crippen molar-refractivity contribution < 1.29 is 17.7 Å². The van der Waals surface area contributed by atoms with Crippen LogP contribution in [0.15, 0.2) is 4.52 Å². The van der Waals surface area contributed by atoms with Gasteiger partial charge in [0.25, 0.3) is 0 Å². The Bertz CT molecular complexity index is 391. The summed E-state index contributed by atoms with van der Waals surface area (Å²) in [4.78, 5) is 5.22. The lowest BCUT2D eigenvalue weighted by atomic mass is 10.00. The molecule has 2 heterocycles. The van der Waals surface area contributed by atoms with E-state index in [9.17, 15) is 13.2 Å². The summed E-state index contributed by atoms with van der Waals surface area (Å²) < 4.78 is 40.9. The zero-order chi connectivity index (χ0) is 12.0. The molecule has 0 amide bonds. The summed E-state index contributed by atoms with van der Waals surface area (Å²) in [5.74, 6) is -1.42. The van der Waals surface area contributed by atoms with E-state index in [1.807, 2.05) is 11.9 Å². The highest BCUT2D eigenvalue weighted by Gasteiger charge is 2.43. The maximum atomic E-state index is 12.2. The van der Waals surface area contributed by atoms with Crippen LogP contribution < -0.4 is 5.73 Å². The van der Waals surface area contributed by atoms with Crippen molar-refractivity contribution in [3.8, 4) is 0 Å². The summed E-state index contributed by atoms with van der Waals surface area (Å²) in [7, 11) is 1.83. The number of aromatic nitrogens is 2. The Morgan fingerprint density at radius 3 is 2.62 bits per heavy atom. The van der Waals surface area contributed by atoms with E-state index in [4.69, 9.17) is 5.73 Å². The van der Waals surface area contributed by atoms with Crippen molar-refractivity contribution in [2.24, 2.45) is 5.73 Å². The van der Waals surface area contributed by atoms with Crippen LogP contribution in [0.3, 0.4) is 0 Å². The predicted molar refractivity (Wildman–Crippen MR) is 47.3 cm³/mol. The van der Waals surface area contributed by atoms with Gasteiger partial charge in [-0.15, -0.1) is 0 Å². The standard InChI is InChI=1S/C8H11F3N4O/c1-15-3-2-7(12,4-15)5-13-6(16-14-5)8(9,10)11/h2-4,12H2,1H3. The quantitative estimate of drug-likeness (QED) is 0.772. The first kappa shape index (κ1) is 11.3. The van der Waals surface area contributed by atoms with Crippen molar-refractivity contribution >= 4 is 0 Å². The highest BCUT2D eigenvalue weighted by molar-refractivity contribution is 5.09. The smallest absolute Gasteiger partial charge is 0.329 e. The maximum absolute atomic E-state index is 12.2. The van der Waals surface area contributed by atoms with Crippen LogP contribution in [-0.2, 0) is 11.7 Å². The molecule has 0 spiro atoms. The number of nitrogens with two attached hydrogens (primary N) is 1. The van der Waals surface area contributed by atoms with Gasteiger partial charge in [0, 0.05) is 13.1 Å². The van der Waals surface area contributed by atoms with Gasteiger partial charge in [-0.3, -0.25) is 0 Å². The van der Waals surface area contributed by atoms with Gasteiger partial charge in [0.05, 0.1) is 5.54 Å². The van der Waals surface area contributed by atoms with Crippen molar-refractivity contribution in [1.82, 2.24) is 15.0 Å². The Morgan fingerprint density at radius 2 is 2.19 bits per heavy atom. The van der Waals surface area contributed by atoms with Gasteiger partial charge >= 0.3 is 12.1 Å². The molecule has 1 aliphatic rings. The molecule has 0 bridgehead atoms. The van der Waals surface area contributed by atoms with Crippen LogP contribution in [0.2, 0.25) is 0 Å². The van der Waals surface area contributed by atoms with Crippen molar-refractivity contribution in [2.45, 2.75) is 18.1 Å². The number of likely N-dealkylation sites (N-methyl/N-ethyl adjacent to an activating group) is 1. The number of halogens is 3. The third kappa shape index (κ3) is 1.90. The van der Waals surface area contributed by atoms with E-state index in [2.05, 4.69) is 14.7 Å². The van der Waals surface area contributed by atoms with E-state index < -0.39 is 17.6 Å². The minimum Gasteiger partial charge on any atom is -0.329 e. The zero-order valence-electron chi connectivity index (χ0n) is 8.58. The fourth-order valence-corrected chi connectivity index (χ4v) is 1.75. The lowest BCUT2D eigenvalue weighted by Gasteiger charge is -2.18. The summed E-state index contributed by atoms with van der Waals surface area (Å²) >= 11 is 0. The van der Waals surface area contributed by atoms with Crippen LogP contribution in [0.4, 0.5) is 13.2 Å². The number of rotatable bonds is 1. The maximum Gasteiger partial charge on any atom is 0.471 e. The third-order valence-corrected chi connectivity index (χ3v) is 2.61. The minimum absolute atomic E-state index is 0.0795. The first-order chi connectivity index (χ1) is 7.31. The SMILES string of the molecule is CN1CCC(N)(c2noc(C(F)(F)F)n2)C1. The largest absolute Gasteiger partial charge is 0.471 e. The van der Waals surface area contributed by atoms with E-state index in [0.29, 0.717) is 19.5 Å². The summed E-state index contributed by atoms with van der Waals surface area (Å²) in [6, 6.07) is 0. The molecule has 2 N–H and O–H groups in total. The van der Waals surface area contributed by atoms with Gasteiger partial charge in [0.2, 0.25) is 0 Å². The molecule has 8 heteroatoms. The molecule has 1 aliphatic heterocycles. The molecule has 0 saturated carbocycles. The highest BCUT2D eigenvalue weighted by Crippen LogP contribution is 2.31. The summed E-state index contributed by atoms with van der Waals surface area (Å²) in [5.41, 5.74) is 4.99. The molecule has 5 nitrogen and oxygen atoms in total. The summed E-state index contributed by atoms with van der Waals surface area (Å²) in [6.45, 7) is 1.12. The average molecular weight is 236 g/mol. The fraction of sp³-hybridized carbons (Fsp3) is 0.750. The molecule has 0 radical (unpaired) electrons. The molecular formula is C8H11F3N4O. The topological polar surface area (TPSA) is 68.2 Å². The van der Waals surface area contributed by atoms with Gasteiger partial charge in [0.15, 0.2) is 5.82 Å². The van der Waals surface area contributed by atoms with Gasteiger partial charge in [-0.1, -0.05) is 5.16 Å². The molecular weight excluding hydrogens is 225 g/mol. The third-order valence-electron chi connectivity index (χ3n) is 2.61. The monoisotopic (exact) mass is 236 g/mol. The second-order valence-electron chi connectivity index (χ2n) is 4.06.